The van der Waals surface area contributed by atoms with E-state index in [1.54, 1.807) is 9.58 Å². The van der Waals surface area contributed by atoms with Gasteiger partial charge in [0.15, 0.2) is 0 Å². The minimum Gasteiger partial charge on any atom is -0.423 e. The second-order valence-electron chi connectivity index (χ2n) is 8.22. The van der Waals surface area contributed by atoms with Crippen LogP contribution in [0.15, 0.2) is 24.3 Å². The van der Waals surface area contributed by atoms with Crippen LogP contribution < -0.4 is 15.0 Å². The van der Waals surface area contributed by atoms with Crippen LogP contribution in [-0.2, 0) is 14.2 Å². The molecule has 4 heterocycles. The summed E-state index contributed by atoms with van der Waals surface area (Å²) in [5.41, 5.74) is 1.00. The van der Waals surface area contributed by atoms with Gasteiger partial charge in [0.1, 0.15) is 24.0 Å². The number of urea groups is 1. The normalized spacial score (nSPS) is 27.2. The molecule has 0 spiro atoms. The molecule has 3 fully saturated rings. The first-order valence-electron chi connectivity index (χ1n) is 10.7. The average Bonchev–Trinajstić information content (AvgIpc) is 3.52. The molecule has 2 aromatic rings. The van der Waals surface area contributed by atoms with E-state index in [2.05, 4.69) is 20.8 Å². The molecule has 0 aliphatic carbocycles. The van der Waals surface area contributed by atoms with Gasteiger partial charge in [-0.2, -0.15) is 4.68 Å². The van der Waals surface area contributed by atoms with Gasteiger partial charge in [0.2, 0.25) is 0 Å². The number of morpholine rings is 1. The Morgan fingerprint density at radius 1 is 1.19 bits per heavy atom. The molecule has 12 heteroatoms. The maximum absolute atomic E-state index is 12.6. The molecule has 4 atom stereocenters. The van der Waals surface area contributed by atoms with Crippen molar-refractivity contribution in [1.29, 1.82) is 0 Å². The number of tetrazole rings is 1. The molecule has 3 aliphatic heterocycles. The SMILES string of the molecule is CN(C)c1cccc(Oc2nnnn2[C@H]2CO[C@H]3[C@@H]2OC[C@@H]3NC(=O)N2CCOCC2)c1. The second kappa shape index (κ2) is 8.88. The third-order valence-corrected chi connectivity index (χ3v) is 5.95. The predicted molar refractivity (Wildman–Crippen MR) is 112 cm³/mol. The van der Waals surface area contributed by atoms with Crippen molar-refractivity contribution in [2.45, 2.75) is 24.3 Å². The lowest BCUT2D eigenvalue weighted by atomic mass is 10.1. The number of ether oxygens (including phenoxy) is 4. The van der Waals surface area contributed by atoms with Crippen LogP contribution in [0.1, 0.15) is 6.04 Å². The summed E-state index contributed by atoms with van der Waals surface area (Å²) in [7, 11) is 3.93. The number of carbonyl (C=O) groups excluding carboxylic acids is 1. The monoisotopic (exact) mass is 445 g/mol. The first-order chi connectivity index (χ1) is 15.6. The van der Waals surface area contributed by atoms with E-state index >= 15 is 0 Å². The highest BCUT2D eigenvalue weighted by atomic mass is 16.6. The van der Waals surface area contributed by atoms with Crippen molar-refractivity contribution in [3.05, 3.63) is 24.3 Å². The summed E-state index contributed by atoms with van der Waals surface area (Å²) in [6.45, 7) is 3.00. The Balaban J connectivity index is 1.25. The number of nitrogens with zero attached hydrogens (tertiary/aromatic N) is 6. The molecule has 5 rings (SSSR count). The van der Waals surface area contributed by atoms with E-state index in [-0.39, 0.29) is 36.3 Å². The van der Waals surface area contributed by atoms with Crippen LogP contribution in [-0.4, -0.2) is 103 Å². The molecule has 12 nitrogen and oxygen atoms in total. The highest BCUT2D eigenvalue weighted by Gasteiger charge is 2.50. The maximum Gasteiger partial charge on any atom is 0.341 e. The summed E-state index contributed by atoms with van der Waals surface area (Å²) in [4.78, 5) is 16.3. The Hall–Kier alpha value is -2.96. The zero-order chi connectivity index (χ0) is 22.1. The number of benzene rings is 1. The number of amides is 2. The number of carbonyl (C=O) groups is 1. The van der Waals surface area contributed by atoms with E-state index in [0.29, 0.717) is 45.3 Å². The summed E-state index contributed by atoms with van der Waals surface area (Å²) >= 11 is 0. The van der Waals surface area contributed by atoms with Crippen molar-refractivity contribution in [3.63, 3.8) is 0 Å². The Bertz CT molecular complexity index is 948. The fourth-order valence-electron chi connectivity index (χ4n) is 4.22. The van der Waals surface area contributed by atoms with Crippen LogP contribution in [0.25, 0.3) is 0 Å². The Labute approximate surface area is 185 Å². The van der Waals surface area contributed by atoms with E-state index in [1.807, 2.05) is 43.3 Å². The van der Waals surface area contributed by atoms with Gasteiger partial charge in [0.25, 0.3) is 0 Å². The minimum absolute atomic E-state index is 0.123. The largest absolute Gasteiger partial charge is 0.423 e. The zero-order valence-electron chi connectivity index (χ0n) is 18.1. The Morgan fingerprint density at radius 2 is 2.00 bits per heavy atom. The fourth-order valence-corrected chi connectivity index (χ4v) is 4.22. The summed E-state index contributed by atoms with van der Waals surface area (Å²) in [5, 5.41) is 15.0. The van der Waals surface area contributed by atoms with Gasteiger partial charge in [-0.3, -0.25) is 0 Å². The molecule has 172 valence electrons. The molecule has 3 saturated heterocycles. The summed E-state index contributed by atoms with van der Waals surface area (Å²) in [6, 6.07) is 7.31. The van der Waals surface area contributed by atoms with Gasteiger partial charge in [-0.15, -0.1) is 0 Å². The maximum atomic E-state index is 12.6. The summed E-state index contributed by atoms with van der Waals surface area (Å²) < 4.78 is 24.9. The molecular formula is C20H27N7O5. The fraction of sp³-hybridized carbons (Fsp3) is 0.600. The van der Waals surface area contributed by atoms with Crippen LogP contribution in [0.2, 0.25) is 0 Å². The number of anilines is 1. The van der Waals surface area contributed by atoms with Crippen molar-refractivity contribution in [2.24, 2.45) is 0 Å². The van der Waals surface area contributed by atoms with Crippen LogP contribution in [0.5, 0.6) is 11.8 Å². The number of aromatic nitrogens is 4. The number of hydrogen-bond acceptors (Lipinski definition) is 9. The first kappa shape index (κ1) is 20.9. The Morgan fingerprint density at radius 3 is 2.81 bits per heavy atom. The van der Waals surface area contributed by atoms with E-state index in [4.69, 9.17) is 18.9 Å². The third kappa shape index (κ3) is 4.08. The van der Waals surface area contributed by atoms with Gasteiger partial charge in [-0.25, -0.2) is 4.79 Å². The number of nitrogens with one attached hydrogen (secondary N) is 1. The molecule has 0 saturated carbocycles. The van der Waals surface area contributed by atoms with Crippen LogP contribution in [0.4, 0.5) is 10.5 Å². The molecule has 0 bridgehead atoms. The van der Waals surface area contributed by atoms with E-state index in [9.17, 15) is 4.79 Å². The first-order valence-corrected chi connectivity index (χ1v) is 10.7. The number of rotatable bonds is 5. The van der Waals surface area contributed by atoms with Gasteiger partial charge in [0, 0.05) is 38.9 Å². The number of hydrogen-bond donors (Lipinski definition) is 1. The van der Waals surface area contributed by atoms with Crippen molar-refractivity contribution in [3.8, 4) is 11.8 Å². The standard InChI is InChI=1S/C20H27N7O5/c1-25(2)13-4-3-5-14(10-13)32-20-22-23-24-27(20)16-12-31-17-15(11-30-18(16)17)21-19(28)26-6-8-29-9-7-26/h3-5,10,15-18H,6-9,11-12H2,1-2H3,(H,21,28)/t15-,16-,17+,18+/m0/s1. The van der Waals surface area contributed by atoms with E-state index in [1.165, 1.54) is 0 Å². The molecule has 3 aliphatic rings. The second-order valence-corrected chi connectivity index (χ2v) is 8.22. The van der Waals surface area contributed by atoms with Gasteiger partial charge in [-0.1, -0.05) is 11.2 Å². The van der Waals surface area contributed by atoms with Crippen molar-refractivity contribution in [2.75, 3.05) is 58.5 Å². The zero-order valence-corrected chi connectivity index (χ0v) is 18.1. The van der Waals surface area contributed by atoms with Crippen LogP contribution >= 0.6 is 0 Å². The van der Waals surface area contributed by atoms with Crippen molar-refractivity contribution >= 4 is 11.7 Å². The molecule has 0 radical (unpaired) electrons. The van der Waals surface area contributed by atoms with Crippen LogP contribution in [0, 0.1) is 0 Å². The summed E-state index contributed by atoms with van der Waals surface area (Å²) in [5.74, 6) is 0.630. The molecular weight excluding hydrogens is 418 g/mol. The molecule has 1 aromatic carbocycles. The van der Waals surface area contributed by atoms with Gasteiger partial charge >= 0.3 is 12.0 Å². The lowest BCUT2D eigenvalue weighted by Crippen LogP contribution is -2.52. The predicted octanol–water partition coefficient (Wildman–Crippen LogP) is 0.281. The van der Waals surface area contributed by atoms with Crippen molar-refractivity contribution < 1.29 is 23.7 Å². The van der Waals surface area contributed by atoms with E-state index in [0.717, 1.165) is 5.69 Å². The van der Waals surface area contributed by atoms with Crippen molar-refractivity contribution in [1.82, 2.24) is 30.4 Å². The highest BCUT2D eigenvalue weighted by molar-refractivity contribution is 5.74. The molecule has 1 N–H and O–H groups in total. The van der Waals surface area contributed by atoms with Gasteiger partial charge in [0.05, 0.1) is 32.5 Å². The molecule has 32 heavy (non-hydrogen) atoms. The third-order valence-electron chi connectivity index (χ3n) is 5.95. The number of fused-ring (bicyclic) bond motifs is 1. The average molecular weight is 445 g/mol. The quantitative estimate of drug-likeness (QED) is 0.693. The topological polar surface area (TPSA) is 116 Å². The molecule has 2 amide bonds. The van der Waals surface area contributed by atoms with E-state index < -0.39 is 0 Å². The minimum atomic E-state index is -0.288. The Kier molecular flexibility index (Phi) is 5.81. The van der Waals surface area contributed by atoms with Gasteiger partial charge in [-0.05, 0) is 22.6 Å². The summed E-state index contributed by atoms with van der Waals surface area (Å²) in [6.07, 6.45) is -0.567. The van der Waals surface area contributed by atoms with Gasteiger partial charge < -0.3 is 34.1 Å². The van der Waals surface area contributed by atoms with Crippen LogP contribution in [0.3, 0.4) is 0 Å². The smallest absolute Gasteiger partial charge is 0.341 e. The lowest BCUT2D eigenvalue weighted by molar-refractivity contribution is 0.0485. The lowest BCUT2D eigenvalue weighted by Gasteiger charge is -2.29. The molecule has 0 unspecified atom stereocenters. The molecule has 1 aromatic heterocycles. The highest BCUT2D eigenvalue weighted by Crippen LogP contribution is 2.36.